The molecule has 29 heavy (non-hydrogen) atoms. The summed E-state index contributed by atoms with van der Waals surface area (Å²) in [4.78, 5) is 12.3. The zero-order chi connectivity index (χ0) is 21.6. The van der Waals surface area contributed by atoms with Crippen LogP contribution in [-0.2, 0) is 21.2 Å². The van der Waals surface area contributed by atoms with E-state index in [2.05, 4.69) is 5.32 Å². The third kappa shape index (κ3) is 6.42. The number of benzene rings is 2. The van der Waals surface area contributed by atoms with E-state index < -0.39 is 22.5 Å². The van der Waals surface area contributed by atoms with Gasteiger partial charge in [0.2, 0.25) is 15.9 Å². The van der Waals surface area contributed by atoms with Crippen molar-refractivity contribution in [2.75, 3.05) is 37.9 Å². The third-order valence-corrected chi connectivity index (χ3v) is 5.71. The topological polar surface area (TPSA) is 84.9 Å². The number of carbonyl (C=O) groups excluding carboxylic acids is 1. The molecule has 2 aromatic carbocycles. The number of amides is 1. The molecule has 2 rings (SSSR count). The average Bonchev–Trinajstić information content (AvgIpc) is 2.65. The molecule has 0 saturated carbocycles. The Morgan fingerprint density at radius 2 is 1.76 bits per heavy atom. The fourth-order valence-corrected chi connectivity index (χ4v) is 4.06. The molecule has 0 aliphatic heterocycles. The minimum absolute atomic E-state index is 0.140. The molecule has 0 fully saturated rings. The summed E-state index contributed by atoms with van der Waals surface area (Å²) in [6.45, 7) is -0.0770. The molecule has 0 aliphatic rings. The molecule has 0 heterocycles. The van der Waals surface area contributed by atoms with Crippen molar-refractivity contribution in [3.8, 4) is 11.5 Å². The highest BCUT2D eigenvalue weighted by Gasteiger charge is 2.23. The van der Waals surface area contributed by atoms with Gasteiger partial charge in [-0.05, 0) is 42.3 Å². The molecule has 1 N–H and O–H groups in total. The Labute approximate surface area is 180 Å². The fraction of sp³-hybridized carbons (Fsp3) is 0.316. The molecule has 7 nitrogen and oxygen atoms in total. The monoisotopic (exact) mass is 460 g/mol. The van der Waals surface area contributed by atoms with Crippen molar-refractivity contribution in [3.05, 3.63) is 52.0 Å². The highest BCUT2D eigenvalue weighted by molar-refractivity contribution is 7.92. The van der Waals surface area contributed by atoms with Gasteiger partial charge in [0.05, 0.1) is 31.2 Å². The maximum atomic E-state index is 12.3. The molecule has 0 atom stereocenters. The summed E-state index contributed by atoms with van der Waals surface area (Å²) in [5.41, 5.74) is 1.12. The van der Waals surface area contributed by atoms with Crippen molar-refractivity contribution in [2.24, 2.45) is 0 Å². The summed E-state index contributed by atoms with van der Waals surface area (Å²) in [7, 11) is -0.627. The van der Waals surface area contributed by atoms with Gasteiger partial charge in [-0.2, -0.15) is 0 Å². The van der Waals surface area contributed by atoms with Crippen LogP contribution in [0.25, 0.3) is 0 Å². The molecule has 0 aliphatic carbocycles. The number of rotatable bonds is 9. The second-order valence-electron chi connectivity index (χ2n) is 6.15. The summed E-state index contributed by atoms with van der Waals surface area (Å²) >= 11 is 12.0. The number of halogens is 2. The summed E-state index contributed by atoms with van der Waals surface area (Å²) in [5.74, 6) is 0.753. The van der Waals surface area contributed by atoms with Crippen LogP contribution in [0.2, 0.25) is 10.0 Å². The Hall–Kier alpha value is -2.16. The van der Waals surface area contributed by atoms with E-state index >= 15 is 0 Å². The number of nitrogens with zero attached hydrogens (tertiary/aromatic N) is 1. The molecule has 10 heteroatoms. The van der Waals surface area contributed by atoms with E-state index in [1.54, 1.807) is 20.3 Å². The molecule has 0 spiro atoms. The number of carbonyl (C=O) groups is 1. The first-order chi connectivity index (χ1) is 13.7. The predicted octanol–water partition coefficient (Wildman–Crippen LogP) is 3.14. The van der Waals surface area contributed by atoms with Gasteiger partial charge in [0.1, 0.15) is 6.54 Å². The normalized spacial score (nSPS) is 11.1. The van der Waals surface area contributed by atoms with Crippen molar-refractivity contribution in [2.45, 2.75) is 6.42 Å². The number of hydrogen-bond donors (Lipinski definition) is 1. The van der Waals surface area contributed by atoms with Gasteiger partial charge in [-0.15, -0.1) is 0 Å². The van der Waals surface area contributed by atoms with E-state index in [1.807, 2.05) is 12.1 Å². The van der Waals surface area contributed by atoms with Crippen molar-refractivity contribution >= 4 is 44.8 Å². The Morgan fingerprint density at radius 1 is 1.07 bits per heavy atom. The van der Waals surface area contributed by atoms with E-state index in [-0.39, 0.29) is 10.7 Å². The molecule has 1 amide bonds. The van der Waals surface area contributed by atoms with Crippen LogP contribution >= 0.6 is 23.2 Å². The number of anilines is 1. The van der Waals surface area contributed by atoms with Gasteiger partial charge in [-0.25, -0.2) is 8.42 Å². The first-order valence-electron chi connectivity index (χ1n) is 8.56. The Balaban J connectivity index is 2.02. The summed E-state index contributed by atoms with van der Waals surface area (Å²) in [6.07, 6.45) is 1.54. The van der Waals surface area contributed by atoms with Crippen LogP contribution in [-0.4, -0.2) is 47.9 Å². The average molecular weight is 461 g/mol. The number of ether oxygens (including phenoxy) is 2. The summed E-state index contributed by atoms with van der Waals surface area (Å²) in [5, 5.41) is 3.22. The lowest BCUT2D eigenvalue weighted by Crippen LogP contribution is -2.41. The zero-order valence-electron chi connectivity index (χ0n) is 16.2. The van der Waals surface area contributed by atoms with Crippen LogP contribution in [0.4, 0.5) is 5.69 Å². The van der Waals surface area contributed by atoms with E-state index in [0.717, 1.165) is 16.1 Å². The second-order valence-corrected chi connectivity index (χ2v) is 8.91. The van der Waals surface area contributed by atoms with Crippen LogP contribution in [0.1, 0.15) is 5.56 Å². The van der Waals surface area contributed by atoms with Crippen molar-refractivity contribution in [1.29, 1.82) is 0 Å². The minimum atomic E-state index is -3.73. The molecule has 158 valence electrons. The van der Waals surface area contributed by atoms with Gasteiger partial charge < -0.3 is 14.8 Å². The highest BCUT2D eigenvalue weighted by atomic mass is 35.5. The van der Waals surface area contributed by atoms with Gasteiger partial charge in [-0.3, -0.25) is 9.10 Å². The molecule has 0 unspecified atom stereocenters. The third-order valence-electron chi connectivity index (χ3n) is 4.05. The molecule has 0 bridgehead atoms. The quantitative estimate of drug-likeness (QED) is 0.621. The highest BCUT2D eigenvalue weighted by Crippen LogP contribution is 2.30. The number of sulfonamides is 1. The largest absolute Gasteiger partial charge is 0.493 e. The van der Waals surface area contributed by atoms with E-state index in [0.29, 0.717) is 29.5 Å². The number of methoxy groups -OCH3 is 2. The van der Waals surface area contributed by atoms with Crippen LogP contribution in [0.15, 0.2) is 36.4 Å². The van der Waals surface area contributed by atoms with Gasteiger partial charge in [0.25, 0.3) is 0 Å². The van der Waals surface area contributed by atoms with Crippen molar-refractivity contribution in [3.63, 3.8) is 0 Å². The van der Waals surface area contributed by atoms with E-state index in [1.165, 1.54) is 18.2 Å². The van der Waals surface area contributed by atoms with Gasteiger partial charge in [0, 0.05) is 11.6 Å². The van der Waals surface area contributed by atoms with Crippen LogP contribution in [0.5, 0.6) is 11.5 Å². The van der Waals surface area contributed by atoms with E-state index in [9.17, 15) is 13.2 Å². The lowest BCUT2D eigenvalue weighted by molar-refractivity contribution is -0.119. The first kappa shape index (κ1) is 23.1. The zero-order valence-corrected chi connectivity index (χ0v) is 18.6. The first-order valence-corrected chi connectivity index (χ1v) is 11.2. The second kappa shape index (κ2) is 10.0. The Kier molecular flexibility index (Phi) is 8.01. The maximum Gasteiger partial charge on any atom is 0.240 e. The molecule has 2 aromatic rings. The van der Waals surface area contributed by atoms with E-state index in [4.69, 9.17) is 32.7 Å². The Morgan fingerprint density at radius 3 is 2.34 bits per heavy atom. The number of hydrogen-bond acceptors (Lipinski definition) is 5. The van der Waals surface area contributed by atoms with Crippen molar-refractivity contribution in [1.82, 2.24) is 5.32 Å². The molecule has 0 aromatic heterocycles. The van der Waals surface area contributed by atoms with Crippen LogP contribution in [0.3, 0.4) is 0 Å². The number of nitrogens with one attached hydrogen (secondary N) is 1. The van der Waals surface area contributed by atoms with Gasteiger partial charge >= 0.3 is 0 Å². The van der Waals surface area contributed by atoms with Gasteiger partial charge in [0.15, 0.2) is 11.5 Å². The summed E-state index contributed by atoms with van der Waals surface area (Å²) < 4.78 is 35.7. The SMILES string of the molecule is COc1ccc(CCNC(=O)CN(c2ccc(Cl)cc2Cl)S(C)(=O)=O)cc1OC. The Bertz CT molecular complexity index is 983. The predicted molar refractivity (Wildman–Crippen MR) is 115 cm³/mol. The van der Waals surface area contributed by atoms with Crippen molar-refractivity contribution < 1.29 is 22.7 Å². The summed E-state index contributed by atoms with van der Waals surface area (Å²) in [6, 6.07) is 9.86. The standard InChI is InChI=1S/C19H22Cl2N2O5S/c1-27-17-7-4-13(10-18(17)28-2)8-9-22-19(24)12-23(29(3,25)26)16-6-5-14(20)11-15(16)21/h4-7,10-11H,8-9,12H2,1-3H3,(H,22,24). The fourth-order valence-electron chi connectivity index (χ4n) is 2.63. The smallest absolute Gasteiger partial charge is 0.240 e. The molecular formula is C19H22Cl2N2O5S. The maximum absolute atomic E-state index is 12.3. The van der Waals surface area contributed by atoms with Crippen LogP contribution in [0, 0.1) is 0 Å². The molecule has 0 radical (unpaired) electrons. The van der Waals surface area contributed by atoms with Crippen LogP contribution < -0.4 is 19.1 Å². The molecule has 0 saturated heterocycles. The van der Waals surface area contributed by atoms with Gasteiger partial charge in [-0.1, -0.05) is 29.3 Å². The lowest BCUT2D eigenvalue weighted by Gasteiger charge is -2.23. The molecular weight excluding hydrogens is 439 g/mol. The minimum Gasteiger partial charge on any atom is -0.493 e. The lowest BCUT2D eigenvalue weighted by atomic mass is 10.1.